The van der Waals surface area contributed by atoms with Gasteiger partial charge in [0.1, 0.15) is 0 Å². The van der Waals surface area contributed by atoms with Crippen molar-refractivity contribution in [3.05, 3.63) is 16.6 Å². The number of piperazine rings is 1. The molecule has 2 rings (SSSR count). The van der Waals surface area contributed by atoms with Crippen molar-refractivity contribution in [2.75, 3.05) is 38.1 Å². The van der Waals surface area contributed by atoms with Crippen LogP contribution in [0.5, 0.6) is 0 Å². The van der Waals surface area contributed by atoms with Gasteiger partial charge in [0, 0.05) is 37.7 Å². The summed E-state index contributed by atoms with van der Waals surface area (Å²) in [6.45, 7) is 10.3. The quantitative estimate of drug-likeness (QED) is 0.868. The number of nitrogens with zero attached hydrogens (tertiary/aromatic N) is 3. The van der Waals surface area contributed by atoms with E-state index in [2.05, 4.69) is 37.6 Å². The van der Waals surface area contributed by atoms with Gasteiger partial charge in [0.15, 0.2) is 5.13 Å². The molecule has 1 aromatic rings. The molecule has 0 amide bonds. The molecule has 0 aromatic carbocycles. The molecule has 1 N–H and O–H groups in total. The first kappa shape index (κ1) is 16.0. The highest BCUT2D eigenvalue weighted by Gasteiger charge is 2.25. The molecule has 1 aromatic heterocycles. The van der Waals surface area contributed by atoms with Gasteiger partial charge in [-0.15, -0.1) is 0 Å². The van der Waals surface area contributed by atoms with Crippen molar-refractivity contribution in [3.8, 4) is 0 Å². The summed E-state index contributed by atoms with van der Waals surface area (Å²) in [6.07, 6.45) is 2.86. The van der Waals surface area contributed by atoms with E-state index in [-0.39, 0.29) is 5.41 Å². The van der Waals surface area contributed by atoms with Crippen LogP contribution in [0.25, 0.3) is 6.08 Å². The minimum Gasteiger partial charge on any atom is -0.478 e. The summed E-state index contributed by atoms with van der Waals surface area (Å²) in [5.41, 5.74) is 0.874. The van der Waals surface area contributed by atoms with E-state index in [0.717, 1.165) is 41.9 Å². The van der Waals surface area contributed by atoms with Gasteiger partial charge in [-0.1, -0.05) is 32.1 Å². The average Bonchev–Trinajstić information content (AvgIpc) is 2.81. The van der Waals surface area contributed by atoms with Gasteiger partial charge in [0.05, 0.1) is 10.6 Å². The molecular weight excluding hydrogens is 286 g/mol. The third-order valence-electron chi connectivity index (χ3n) is 3.50. The normalized spacial score (nSPS) is 17.6. The molecule has 1 saturated heterocycles. The first-order valence-corrected chi connectivity index (χ1v) is 7.95. The van der Waals surface area contributed by atoms with Gasteiger partial charge in [-0.25, -0.2) is 9.78 Å². The molecular formula is C15H23N3O2S. The predicted octanol–water partition coefficient (Wildman–Crippen LogP) is 2.29. The second-order valence-corrected chi connectivity index (χ2v) is 7.43. The Bertz CT molecular complexity index is 538. The summed E-state index contributed by atoms with van der Waals surface area (Å²) in [4.78, 5) is 21.1. The second kappa shape index (κ2) is 6.15. The number of carbonyl (C=O) groups is 1. The lowest BCUT2D eigenvalue weighted by Crippen LogP contribution is -2.44. The predicted molar refractivity (Wildman–Crippen MR) is 87.2 cm³/mol. The summed E-state index contributed by atoms with van der Waals surface area (Å²) in [5.74, 6) is -0.926. The Balaban J connectivity index is 2.30. The van der Waals surface area contributed by atoms with Crippen LogP contribution in [0.2, 0.25) is 0 Å². The Morgan fingerprint density at radius 2 is 1.90 bits per heavy atom. The highest BCUT2D eigenvalue weighted by Crippen LogP contribution is 2.35. The van der Waals surface area contributed by atoms with Crippen LogP contribution in [0, 0.1) is 0 Å². The zero-order valence-electron chi connectivity index (χ0n) is 13.1. The lowest BCUT2D eigenvalue weighted by molar-refractivity contribution is -0.131. The summed E-state index contributed by atoms with van der Waals surface area (Å²) < 4.78 is 0. The lowest BCUT2D eigenvalue weighted by Gasteiger charge is -2.32. The molecule has 2 heterocycles. The number of anilines is 1. The largest absolute Gasteiger partial charge is 0.478 e. The Morgan fingerprint density at radius 1 is 1.29 bits per heavy atom. The van der Waals surface area contributed by atoms with Crippen LogP contribution in [0.3, 0.4) is 0 Å². The molecule has 0 bridgehead atoms. The molecule has 0 unspecified atom stereocenters. The van der Waals surface area contributed by atoms with Gasteiger partial charge in [-0.05, 0) is 13.1 Å². The zero-order valence-corrected chi connectivity index (χ0v) is 13.9. The molecule has 5 nitrogen and oxygen atoms in total. The van der Waals surface area contributed by atoms with Gasteiger partial charge < -0.3 is 14.9 Å². The Kier molecular flexibility index (Phi) is 4.68. The number of aromatic nitrogens is 1. The fraction of sp³-hybridized carbons (Fsp3) is 0.600. The highest BCUT2D eigenvalue weighted by molar-refractivity contribution is 7.16. The van der Waals surface area contributed by atoms with Crippen molar-refractivity contribution in [1.82, 2.24) is 9.88 Å². The number of carboxylic acid groups (broad SMARTS) is 1. The summed E-state index contributed by atoms with van der Waals surface area (Å²) in [5, 5.41) is 9.83. The monoisotopic (exact) mass is 309 g/mol. The van der Waals surface area contributed by atoms with Crippen molar-refractivity contribution in [2.24, 2.45) is 0 Å². The smallest absolute Gasteiger partial charge is 0.328 e. The molecule has 0 spiro atoms. The van der Waals surface area contributed by atoms with Crippen molar-refractivity contribution in [1.29, 1.82) is 0 Å². The number of thiazole rings is 1. The summed E-state index contributed by atoms with van der Waals surface area (Å²) in [7, 11) is 2.13. The van der Waals surface area contributed by atoms with E-state index in [1.54, 1.807) is 17.4 Å². The molecule has 0 aliphatic carbocycles. The number of rotatable bonds is 3. The van der Waals surface area contributed by atoms with E-state index in [9.17, 15) is 4.79 Å². The van der Waals surface area contributed by atoms with Crippen LogP contribution < -0.4 is 4.90 Å². The molecule has 1 aliphatic heterocycles. The molecule has 116 valence electrons. The van der Waals surface area contributed by atoms with Crippen molar-refractivity contribution >= 4 is 28.5 Å². The van der Waals surface area contributed by atoms with E-state index < -0.39 is 5.97 Å². The van der Waals surface area contributed by atoms with Crippen molar-refractivity contribution < 1.29 is 9.90 Å². The highest BCUT2D eigenvalue weighted by atomic mass is 32.1. The molecule has 1 aliphatic rings. The van der Waals surface area contributed by atoms with Gasteiger partial charge >= 0.3 is 5.97 Å². The number of hydrogen-bond acceptors (Lipinski definition) is 5. The first-order chi connectivity index (χ1) is 9.77. The molecule has 21 heavy (non-hydrogen) atoms. The van der Waals surface area contributed by atoms with Gasteiger partial charge in [0.2, 0.25) is 0 Å². The van der Waals surface area contributed by atoms with Crippen LogP contribution >= 0.6 is 11.3 Å². The Morgan fingerprint density at radius 3 is 2.43 bits per heavy atom. The second-order valence-electron chi connectivity index (χ2n) is 6.42. The maximum absolute atomic E-state index is 10.8. The molecule has 6 heteroatoms. The number of aliphatic carboxylic acids is 1. The van der Waals surface area contributed by atoms with Crippen molar-refractivity contribution in [3.63, 3.8) is 0 Å². The SMILES string of the molecule is CN1CCN(c2nc(C(C)(C)C)c(/C=C/C(=O)O)s2)CC1. The fourth-order valence-corrected chi connectivity index (χ4v) is 3.48. The third kappa shape index (κ3) is 4.04. The first-order valence-electron chi connectivity index (χ1n) is 7.13. The molecule has 0 radical (unpaired) electrons. The standard InChI is InChI=1S/C15H23N3O2S/c1-15(2,3)13-11(5-6-12(19)20)21-14(16-13)18-9-7-17(4)8-10-18/h5-6H,7-10H2,1-4H3,(H,19,20)/b6-5+. The Labute approximate surface area is 129 Å². The van der Waals surface area contributed by atoms with Crippen molar-refractivity contribution in [2.45, 2.75) is 26.2 Å². The summed E-state index contributed by atoms with van der Waals surface area (Å²) in [6, 6.07) is 0. The topological polar surface area (TPSA) is 56.7 Å². The lowest BCUT2D eigenvalue weighted by atomic mass is 9.91. The number of likely N-dealkylation sites (N-methyl/N-ethyl adjacent to an activating group) is 1. The number of hydrogen-bond donors (Lipinski definition) is 1. The van der Waals surface area contributed by atoms with Crippen LogP contribution in [0.4, 0.5) is 5.13 Å². The maximum Gasteiger partial charge on any atom is 0.328 e. The van der Waals surface area contributed by atoms with Crippen LogP contribution in [0.15, 0.2) is 6.08 Å². The van der Waals surface area contributed by atoms with Gasteiger partial charge in [0.25, 0.3) is 0 Å². The van der Waals surface area contributed by atoms with Gasteiger partial charge in [-0.2, -0.15) is 0 Å². The molecule has 1 fully saturated rings. The van der Waals surface area contributed by atoms with E-state index in [1.807, 2.05) is 0 Å². The van der Waals surface area contributed by atoms with E-state index >= 15 is 0 Å². The molecule has 0 atom stereocenters. The minimum absolute atomic E-state index is 0.0977. The fourth-order valence-electron chi connectivity index (χ4n) is 2.25. The van der Waals surface area contributed by atoms with Gasteiger partial charge in [-0.3, -0.25) is 0 Å². The minimum atomic E-state index is -0.926. The molecule has 0 saturated carbocycles. The van der Waals surface area contributed by atoms with E-state index in [1.165, 1.54) is 6.08 Å². The summed E-state index contributed by atoms with van der Waals surface area (Å²) >= 11 is 1.58. The number of carboxylic acids is 1. The van der Waals surface area contributed by atoms with E-state index in [4.69, 9.17) is 10.1 Å². The van der Waals surface area contributed by atoms with E-state index in [0.29, 0.717) is 0 Å². The Hall–Kier alpha value is -1.40. The third-order valence-corrected chi connectivity index (χ3v) is 4.58. The van der Waals surface area contributed by atoms with Crippen LogP contribution in [-0.4, -0.2) is 54.2 Å². The van der Waals surface area contributed by atoms with Crippen LogP contribution in [-0.2, 0) is 10.2 Å². The average molecular weight is 309 g/mol. The maximum atomic E-state index is 10.8. The van der Waals surface area contributed by atoms with Crippen LogP contribution in [0.1, 0.15) is 31.3 Å². The zero-order chi connectivity index (χ0) is 15.6.